The van der Waals surface area contributed by atoms with Gasteiger partial charge in [-0.3, -0.25) is 0 Å². The van der Waals surface area contributed by atoms with Crippen molar-refractivity contribution in [2.24, 2.45) is 0 Å². The normalized spacial score (nSPS) is 12.0. The second kappa shape index (κ2) is 4.87. The number of halogens is 3. The number of nitrogens with zero attached hydrogens (tertiary/aromatic N) is 3. The first kappa shape index (κ1) is 13.6. The van der Waals surface area contributed by atoms with Crippen molar-refractivity contribution in [2.45, 2.75) is 19.5 Å². The second-order valence-electron chi connectivity index (χ2n) is 4.65. The van der Waals surface area contributed by atoms with Crippen molar-refractivity contribution in [2.75, 3.05) is 0 Å². The van der Waals surface area contributed by atoms with Crippen molar-refractivity contribution in [3.05, 3.63) is 53.9 Å². The van der Waals surface area contributed by atoms with Crippen molar-refractivity contribution in [1.82, 2.24) is 14.6 Å². The second-order valence-corrected chi connectivity index (χ2v) is 4.65. The fourth-order valence-corrected chi connectivity index (χ4v) is 2.20. The van der Waals surface area contributed by atoms with Gasteiger partial charge in [-0.1, -0.05) is 25.1 Å². The van der Waals surface area contributed by atoms with E-state index in [1.54, 1.807) is 24.4 Å². The molecule has 0 spiro atoms. The molecule has 3 aromatic rings. The molecule has 3 rings (SSSR count). The summed E-state index contributed by atoms with van der Waals surface area (Å²) in [6.07, 6.45) is -1.93. The molecule has 6 heteroatoms. The molecule has 2 aromatic heterocycles. The molecule has 0 saturated carbocycles. The Bertz CT molecular complexity index is 790. The molecule has 0 aliphatic carbocycles. The van der Waals surface area contributed by atoms with E-state index < -0.39 is 11.7 Å². The molecule has 0 fully saturated rings. The Morgan fingerprint density at radius 1 is 1.10 bits per heavy atom. The summed E-state index contributed by atoms with van der Waals surface area (Å²) in [4.78, 5) is 4.32. The first-order valence-electron chi connectivity index (χ1n) is 6.51. The van der Waals surface area contributed by atoms with Gasteiger partial charge in [-0.25, -0.2) is 9.50 Å². The average Bonchev–Trinajstić information content (AvgIpc) is 2.88. The van der Waals surface area contributed by atoms with Gasteiger partial charge in [-0.05, 0) is 24.6 Å². The van der Waals surface area contributed by atoms with Crippen molar-refractivity contribution < 1.29 is 13.2 Å². The van der Waals surface area contributed by atoms with E-state index in [9.17, 15) is 13.2 Å². The molecule has 2 heterocycles. The lowest BCUT2D eigenvalue weighted by Crippen LogP contribution is -2.07. The largest absolute Gasteiger partial charge is 0.417 e. The van der Waals surface area contributed by atoms with E-state index in [1.807, 2.05) is 6.92 Å². The van der Waals surface area contributed by atoms with Gasteiger partial charge in [0.2, 0.25) is 0 Å². The predicted octanol–water partition coefficient (Wildman–Crippen LogP) is 3.98. The first-order chi connectivity index (χ1) is 9.99. The van der Waals surface area contributed by atoms with Gasteiger partial charge in [0.1, 0.15) is 0 Å². The van der Waals surface area contributed by atoms with Crippen molar-refractivity contribution >= 4 is 5.65 Å². The Morgan fingerprint density at radius 2 is 1.86 bits per heavy atom. The van der Waals surface area contributed by atoms with Gasteiger partial charge in [0.25, 0.3) is 0 Å². The van der Waals surface area contributed by atoms with E-state index in [-0.39, 0.29) is 11.3 Å². The molecule has 0 N–H and O–H groups in total. The predicted molar refractivity (Wildman–Crippen MR) is 72.8 cm³/mol. The van der Waals surface area contributed by atoms with Gasteiger partial charge >= 0.3 is 6.18 Å². The zero-order valence-electron chi connectivity index (χ0n) is 11.2. The molecule has 0 aliphatic rings. The number of imidazole rings is 1. The van der Waals surface area contributed by atoms with Crippen LogP contribution in [0.5, 0.6) is 0 Å². The smallest absolute Gasteiger partial charge is 0.232 e. The molecule has 3 nitrogen and oxygen atoms in total. The van der Waals surface area contributed by atoms with E-state index in [4.69, 9.17) is 0 Å². The molecule has 1 aromatic carbocycles. The molecule has 108 valence electrons. The van der Waals surface area contributed by atoms with E-state index in [0.717, 1.165) is 18.2 Å². The minimum Gasteiger partial charge on any atom is -0.232 e. The summed E-state index contributed by atoms with van der Waals surface area (Å²) in [5, 5.41) is 4.24. The van der Waals surface area contributed by atoms with Gasteiger partial charge in [0.15, 0.2) is 5.65 Å². The molecule has 0 aliphatic heterocycles. The van der Waals surface area contributed by atoms with Crippen LogP contribution in [-0.4, -0.2) is 14.6 Å². The number of rotatable bonds is 2. The highest BCUT2D eigenvalue weighted by Crippen LogP contribution is 2.36. The Kier molecular flexibility index (Phi) is 3.16. The SMILES string of the molecule is CCc1cn2nc(-c3ccccc3C(F)(F)F)ccc2n1. The Labute approximate surface area is 119 Å². The van der Waals surface area contributed by atoms with Crippen LogP contribution in [-0.2, 0) is 12.6 Å². The average molecular weight is 291 g/mol. The molecule has 0 bridgehead atoms. The third-order valence-electron chi connectivity index (χ3n) is 3.24. The summed E-state index contributed by atoms with van der Waals surface area (Å²) >= 11 is 0. The summed E-state index contributed by atoms with van der Waals surface area (Å²) in [7, 11) is 0. The van der Waals surface area contributed by atoms with Gasteiger partial charge in [-0.2, -0.15) is 18.3 Å². The van der Waals surface area contributed by atoms with Gasteiger partial charge in [0, 0.05) is 5.56 Å². The monoisotopic (exact) mass is 291 g/mol. The van der Waals surface area contributed by atoms with E-state index >= 15 is 0 Å². The molecule has 0 atom stereocenters. The number of benzene rings is 1. The quantitative estimate of drug-likeness (QED) is 0.715. The number of hydrogen-bond acceptors (Lipinski definition) is 2. The molecule has 0 saturated heterocycles. The maximum Gasteiger partial charge on any atom is 0.417 e. The van der Waals surface area contributed by atoms with E-state index in [1.165, 1.54) is 16.6 Å². The first-order valence-corrected chi connectivity index (χ1v) is 6.51. The highest BCUT2D eigenvalue weighted by atomic mass is 19.4. The lowest BCUT2D eigenvalue weighted by atomic mass is 10.0. The van der Waals surface area contributed by atoms with Crippen LogP contribution in [0.2, 0.25) is 0 Å². The van der Waals surface area contributed by atoms with Crippen LogP contribution in [0, 0.1) is 0 Å². The summed E-state index contributed by atoms with van der Waals surface area (Å²) in [5.74, 6) is 0. The summed E-state index contributed by atoms with van der Waals surface area (Å²) in [6, 6.07) is 8.67. The standard InChI is InChI=1S/C15H12F3N3/c1-2-10-9-21-14(19-10)8-7-13(20-21)11-5-3-4-6-12(11)15(16,17)18/h3-9H,2H2,1H3. The van der Waals surface area contributed by atoms with Crippen LogP contribution in [0.25, 0.3) is 16.9 Å². The molecular formula is C15H12F3N3. The summed E-state index contributed by atoms with van der Waals surface area (Å²) < 4.78 is 40.7. The molecule has 0 amide bonds. The number of aromatic nitrogens is 3. The van der Waals surface area contributed by atoms with Crippen LogP contribution < -0.4 is 0 Å². The number of aryl methyl sites for hydroxylation is 1. The highest BCUT2D eigenvalue weighted by molar-refractivity contribution is 5.65. The van der Waals surface area contributed by atoms with Crippen molar-refractivity contribution in [1.29, 1.82) is 0 Å². The molecule has 0 radical (unpaired) electrons. The fourth-order valence-electron chi connectivity index (χ4n) is 2.20. The molecule has 21 heavy (non-hydrogen) atoms. The lowest BCUT2D eigenvalue weighted by molar-refractivity contribution is -0.137. The van der Waals surface area contributed by atoms with Crippen molar-refractivity contribution in [3.8, 4) is 11.3 Å². The van der Waals surface area contributed by atoms with E-state index in [0.29, 0.717) is 5.65 Å². The molecule has 0 unspecified atom stereocenters. The van der Waals surface area contributed by atoms with Crippen LogP contribution in [0.4, 0.5) is 13.2 Å². The van der Waals surface area contributed by atoms with Crippen LogP contribution in [0.15, 0.2) is 42.6 Å². The topological polar surface area (TPSA) is 30.2 Å². The number of alkyl halides is 3. The highest BCUT2D eigenvalue weighted by Gasteiger charge is 2.33. The van der Waals surface area contributed by atoms with Crippen LogP contribution in [0.1, 0.15) is 18.2 Å². The third-order valence-corrected chi connectivity index (χ3v) is 3.24. The number of fused-ring (bicyclic) bond motifs is 1. The Morgan fingerprint density at radius 3 is 2.57 bits per heavy atom. The fraction of sp³-hybridized carbons (Fsp3) is 0.200. The van der Waals surface area contributed by atoms with Crippen molar-refractivity contribution in [3.63, 3.8) is 0 Å². The Balaban J connectivity index is 2.16. The van der Waals surface area contributed by atoms with Gasteiger partial charge in [-0.15, -0.1) is 0 Å². The zero-order valence-corrected chi connectivity index (χ0v) is 11.2. The van der Waals surface area contributed by atoms with Crippen LogP contribution in [0.3, 0.4) is 0 Å². The Hall–Kier alpha value is -2.37. The zero-order chi connectivity index (χ0) is 15.0. The maximum absolute atomic E-state index is 13.1. The lowest BCUT2D eigenvalue weighted by Gasteiger charge is -2.12. The molecular weight excluding hydrogens is 279 g/mol. The summed E-state index contributed by atoms with van der Waals surface area (Å²) in [5.41, 5.74) is 1.13. The number of hydrogen-bond donors (Lipinski definition) is 0. The van der Waals surface area contributed by atoms with Gasteiger partial charge < -0.3 is 0 Å². The minimum absolute atomic E-state index is 0.0682. The minimum atomic E-state index is -4.41. The van der Waals surface area contributed by atoms with Crippen LogP contribution >= 0.6 is 0 Å². The van der Waals surface area contributed by atoms with E-state index in [2.05, 4.69) is 10.1 Å². The maximum atomic E-state index is 13.1. The summed E-state index contributed by atoms with van der Waals surface area (Å²) in [6.45, 7) is 1.96. The van der Waals surface area contributed by atoms with Gasteiger partial charge in [0.05, 0.1) is 23.1 Å². The third kappa shape index (κ3) is 2.49.